The first-order chi connectivity index (χ1) is 18.1. The highest BCUT2D eigenvalue weighted by atomic mass is 16.6. The number of esters is 1. The molecule has 2 amide bonds. The lowest BCUT2D eigenvalue weighted by Crippen LogP contribution is -2.56. The van der Waals surface area contributed by atoms with Crippen molar-refractivity contribution in [3.05, 3.63) is 42.0 Å². The van der Waals surface area contributed by atoms with Gasteiger partial charge < -0.3 is 24.4 Å². The molecule has 8 nitrogen and oxygen atoms in total. The third-order valence-corrected chi connectivity index (χ3v) is 8.59. The van der Waals surface area contributed by atoms with E-state index in [1.165, 1.54) is 0 Å². The molecule has 1 spiro atoms. The zero-order valence-corrected chi connectivity index (χ0v) is 23.2. The van der Waals surface area contributed by atoms with Gasteiger partial charge in [-0.05, 0) is 70.6 Å². The summed E-state index contributed by atoms with van der Waals surface area (Å²) in [4.78, 5) is 45.2. The Morgan fingerprint density at radius 3 is 2.66 bits per heavy atom. The molecule has 0 aliphatic carbocycles. The largest absolute Gasteiger partial charge is 0.466 e. The smallest absolute Gasteiger partial charge is 0.312 e. The lowest BCUT2D eigenvalue weighted by molar-refractivity contribution is -0.159. The fourth-order valence-electron chi connectivity index (χ4n) is 6.88. The molecule has 2 unspecified atom stereocenters. The van der Waals surface area contributed by atoms with Crippen molar-refractivity contribution in [2.24, 2.45) is 11.8 Å². The van der Waals surface area contributed by atoms with Gasteiger partial charge >= 0.3 is 5.97 Å². The Hall–Kier alpha value is -2.71. The summed E-state index contributed by atoms with van der Waals surface area (Å²) in [5, 5.41) is 9.14. The van der Waals surface area contributed by atoms with Gasteiger partial charge in [-0.3, -0.25) is 14.4 Å². The molecule has 2 bridgehead atoms. The Kier molecular flexibility index (Phi) is 8.33. The van der Waals surface area contributed by atoms with E-state index in [4.69, 9.17) is 14.6 Å². The Labute approximate surface area is 226 Å². The van der Waals surface area contributed by atoms with E-state index >= 15 is 0 Å². The lowest BCUT2D eigenvalue weighted by atomic mass is 9.66. The summed E-state index contributed by atoms with van der Waals surface area (Å²) in [7, 11) is 0. The molecule has 3 fully saturated rings. The highest BCUT2D eigenvalue weighted by Gasteiger charge is 2.78. The second-order valence-electron chi connectivity index (χ2n) is 11.2. The summed E-state index contributed by atoms with van der Waals surface area (Å²) in [5.74, 6) is -2.34. The minimum atomic E-state index is -1.08. The number of aryl methyl sites for hydroxylation is 2. The first-order valence-electron chi connectivity index (χ1n) is 13.9. The van der Waals surface area contributed by atoms with Gasteiger partial charge in [0.25, 0.3) is 5.91 Å². The number of hydrogen-bond acceptors (Lipinski definition) is 6. The molecule has 1 aromatic carbocycles. The fourth-order valence-corrected chi connectivity index (χ4v) is 6.88. The molecule has 208 valence electrons. The van der Waals surface area contributed by atoms with Gasteiger partial charge in [-0.25, -0.2) is 0 Å². The maximum atomic E-state index is 14.6. The maximum Gasteiger partial charge on any atom is 0.312 e. The molecule has 38 heavy (non-hydrogen) atoms. The number of benzene rings is 1. The lowest BCUT2D eigenvalue weighted by Gasteiger charge is -2.37. The first kappa shape index (κ1) is 28.3. The number of amides is 2. The summed E-state index contributed by atoms with van der Waals surface area (Å²) in [6.45, 7) is 12.5. The molecule has 0 saturated carbocycles. The molecule has 1 aromatic rings. The zero-order chi connectivity index (χ0) is 27.7. The van der Waals surface area contributed by atoms with Crippen LogP contribution in [0.3, 0.4) is 0 Å². The molecule has 1 N–H and O–H groups in total. The van der Waals surface area contributed by atoms with Gasteiger partial charge in [0.1, 0.15) is 17.6 Å². The van der Waals surface area contributed by atoms with Gasteiger partial charge in [0.05, 0.1) is 18.1 Å². The summed E-state index contributed by atoms with van der Waals surface area (Å²) < 4.78 is 12.1. The van der Waals surface area contributed by atoms with E-state index < -0.39 is 35.0 Å². The van der Waals surface area contributed by atoms with Crippen LogP contribution in [0.2, 0.25) is 0 Å². The van der Waals surface area contributed by atoms with Crippen molar-refractivity contribution >= 4 is 23.5 Å². The summed E-state index contributed by atoms with van der Waals surface area (Å²) in [6, 6.07) is 5.13. The van der Waals surface area contributed by atoms with E-state index in [2.05, 4.69) is 6.58 Å². The van der Waals surface area contributed by atoms with E-state index in [1.807, 2.05) is 39.0 Å². The zero-order valence-electron chi connectivity index (χ0n) is 23.2. The third-order valence-electron chi connectivity index (χ3n) is 8.59. The highest BCUT2D eigenvalue weighted by Crippen LogP contribution is 2.63. The van der Waals surface area contributed by atoms with Crippen molar-refractivity contribution < 1.29 is 29.0 Å². The molecular weight excluding hydrogens is 484 g/mol. The Morgan fingerprint density at radius 2 is 1.97 bits per heavy atom. The van der Waals surface area contributed by atoms with Crippen LogP contribution in [0.1, 0.15) is 63.5 Å². The van der Waals surface area contributed by atoms with Gasteiger partial charge in [0.2, 0.25) is 5.91 Å². The fraction of sp³-hybridized carbons (Fsp3) is 0.633. The van der Waals surface area contributed by atoms with E-state index in [0.717, 1.165) is 29.7 Å². The minimum absolute atomic E-state index is 0.134. The quantitative estimate of drug-likeness (QED) is 0.253. The van der Waals surface area contributed by atoms with Crippen molar-refractivity contribution in [2.75, 3.05) is 31.2 Å². The second-order valence-corrected chi connectivity index (χ2v) is 11.2. The molecular formula is C30H42N2O6. The number of aliphatic hydroxyl groups excluding tert-OH is 1. The first-order valence-corrected chi connectivity index (χ1v) is 13.9. The average Bonchev–Trinajstić information content (AvgIpc) is 3.44. The van der Waals surface area contributed by atoms with Crippen LogP contribution in [-0.4, -0.2) is 71.3 Å². The SMILES string of the molecule is C=CCN(C(=O)C1N(CCCCCCO)C(=O)[C@@H]2[C@H](C(=O)OCC)[C@]3(C)CCC12O3)c1cc(C)ccc1C. The van der Waals surface area contributed by atoms with Crippen molar-refractivity contribution in [1.82, 2.24) is 4.90 Å². The predicted molar refractivity (Wildman–Crippen MR) is 145 cm³/mol. The number of carbonyl (C=O) groups excluding carboxylic acids is 3. The summed E-state index contributed by atoms with van der Waals surface area (Å²) >= 11 is 0. The molecule has 5 atom stereocenters. The predicted octanol–water partition coefficient (Wildman–Crippen LogP) is 3.70. The molecule has 0 radical (unpaired) electrons. The number of likely N-dealkylation sites (tertiary alicyclic amines) is 1. The molecule has 3 aliphatic heterocycles. The number of aliphatic hydroxyl groups is 1. The highest BCUT2D eigenvalue weighted by molar-refractivity contribution is 6.05. The topological polar surface area (TPSA) is 96.4 Å². The standard InChI is InChI=1S/C30H42N2O6/c1-6-16-31(22-19-20(3)12-13-21(22)4)27(35)25-30-15-14-29(5,38-30)24(28(36)37-7-2)23(30)26(34)32(25)17-10-8-9-11-18-33/h6,12-13,19,23-25,33H,1,7-11,14-18H2,2-5H3/t23-,24+,25?,29-,30?/m0/s1. The second kappa shape index (κ2) is 11.2. The molecule has 0 aromatic heterocycles. The van der Waals surface area contributed by atoms with Crippen LogP contribution in [0.25, 0.3) is 0 Å². The van der Waals surface area contributed by atoms with Gasteiger partial charge in [-0.2, -0.15) is 0 Å². The number of ether oxygens (including phenoxy) is 2. The number of fused-ring (bicyclic) bond motifs is 1. The number of rotatable bonds is 12. The number of anilines is 1. The van der Waals surface area contributed by atoms with Crippen molar-refractivity contribution in [3.63, 3.8) is 0 Å². The van der Waals surface area contributed by atoms with E-state index in [-0.39, 0.29) is 31.6 Å². The number of hydrogen-bond donors (Lipinski definition) is 1. The molecule has 3 saturated heterocycles. The molecule has 4 rings (SSSR count). The third kappa shape index (κ3) is 4.66. The monoisotopic (exact) mass is 526 g/mol. The molecule has 3 aliphatic rings. The van der Waals surface area contributed by atoms with Crippen LogP contribution in [-0.2, 0) is 23.9 Å². The van der Waals surface area contributed by atoms with Gasteiger partial charge in [0, 0.05) is 25.4 Å². The Balaban J connectivity index is 1.76. The van der Waals surface area contributed by atoms with Crippen LogP contribution in [0.4, 0.5) is 5.69 Å². The van der Waals surface area contributed by atoms with E-state index in [9.17, 15) is 14.4 Å². The van der Waals surface area contributed by atoms with Crippen LogP contribution < -0.4 is 4.90 Å². The normalized spacial score (nSPS) is 29.4. The van der Waals surface area contributed by atoms with Crippen LogP contribution >= 0.6 is 0 Å². The minimum Gasteiger partial charge on any atom is -0.466 e. The number of unbranched alkanes of at least 4 members (excludes halogenated alkanes) is 3. The van der Waals surface area contributed by atoms with Crippen LogP contribution in [0.5, 0.6) is 0 Å². The van der Waals surface area contributed by atoms with Crippen molar-refractivity contribution in [1.29, 1.82) is 0 Å². The van der Waals surface area contributed by atoms with Gasteiger partial charge in [-0.15, -0.1) is 6.58 Å². The Morgan fingerprint density at radius 1 is 1.24 bits per heavy atom. The van der Waals surface area contributed by atoms with E-state index in [1.54, 1.807) is 22.8 Å². The number of carbonyl (C=O) groups is 3. The Bertz CT molecular complexity index is 1090. The molecule has 8 heteroatoms. The van der Waals surface area contributed by atoms with Crippen LogP contribution in [0.15, 0.2) is 30.9 Å². The van der Waals surface area contributed by atoms with Crippen LogP contribution in [0, 0.1) is 25.7 Å². The maximum absolute atomic E-state index is 14.6. The summed E-state index contributed by atoms with van der Waals surface area (Å²) in [5.41, 5.74) is 0.835. The van der Waals surface area contributed by atoms with E-state index in [0.29, 0.717) is 32.2 Å². The van der Waals surface area contributed by atoms with Crippen molar-refractivity contribution in [2.45, 2.75) is 83.5 Å². The molecule has 3 heterocycles. The van der Waals surface area contributed by atoms with Gasteiger partial charge in [-0.1, -0.05) is 31.1 Å². The van der Waals surface area contributed by atoms with Crippen molar-refractivity contribution in [3.8, 4) is 0 Å². The number of nitrogens with zero attached hydrogens (tertiary/aromatic N) is 2. The van der Waals surface area contributed by atoms with Gasteiger partial charge in [0.15, 0.2) is 0 Å². The summed E-state index contributed by atoms with van der Waals surface area (Å²) in [6.07, 6.45) is 5.88. The average molecular weight is 527 g/mol.